The van der Waals surface area contributed by atoms with Crippen molar-refractivity contribution in [2.45, 2.75) is 264 Å². The molecule has 388 valence electrons. The van der Waals surface area contributed by atoms with Gasteiger partial charge in [0.25, 0.3) is 0 Å². The highest BCUT2D eigenvalue weighted by molar-refractivity contribution is 5.70. The zero-order valence-electron chi connectivity index (χ0n) is 44.3. The Morgan fingerprint density at radius 3 is 0.956 bits per heavy atom. The molecule has 0 rings (SSSR count). The van der Waals surface area contributed by atoms with Crippen molar-refractivity contribution >= 4 is 11.9 Å². The third kappa shape index (κ3) is 55.2. The van der Waals surface area contributed by atoms with E-state index in [9.17, 15) is 14.7 Å². The van der Waals surface area contributed by atoms with Crippen LogP contribution in [0.5, 0.6) is 0 Å². The highest BCUT2D eigenvalue weighted by Gasteiger charge is 2.16. The van der Waals surface area contributed by atoms with Crippen LogP contribution in [0.25, 0.3) is 0 Å². The van der Waals surface area contributed by atoms with E-state index in [0.717, 1.165) is 116 Å². The van der Waals surface area contributed by atoms with Gasteiger partial charge in [-0.15, -0.1) is 0 Å². The normalized spacial score (nSPS) is 13.0. The molecule has 1 N–H and O–H groups in total. The number of carbonyl (C=O) groups is 2. The molecule has 0 aromatic carbocycles. The minimum atomic E-state index is -0.789. The lowest BCUT2D eigenvalue weighted by atomic mass is 10.0. The first-order valence-corrected chi connectivity index (χ1v) is 28.4. The van der Waals surface area contributed by atoms with E-state index in [1.54, 1.807) is 0 Å². The van der Waals surface area contributed by atoms with Gasteiger partial charge >= 0.3 is 11.9 Å². The summed E-state index contributed by atoms with van der Waals surface area (Å²) in [5.41, 5.74) is 0. The van der Waals surface area contributed by atoms with Crippen molar-refractivity contribution in [3.63, 3.8) is 0 Å². The summed E-state index contributed by atoms with van der Waals surface area (Å²) in [6, 6.07) is 0. The molecule has 0 bridgehead atoms. The van der Waals surface area contributed by atoms with Gasteiger partial charge in [-0.25, -0.2) is 0 Å². The van der Waals surface area contributed by atoms with Gasteiger partial charge in [0.05, 0.1) is 6.61 Å². The second kappa shape index (κ2) is 57.9. The SMILES string of the molecule is CC/C=C\C/C=C\C/C=C\C/C=C\C/C=C\C/C=C\C/C=C\C/C=C\C/C=C\CCCCCCCC(=O)OC(CO)COC(=O)CCCCCCCCCCCCCCCCCCCCCCC. The summed E-state index contributed by atoms with van der Waals surface area (Å²) >= 11 is 0. The summed E-state index contributed by atoms with van der Waals surface area (Å²) in [7, 11) is 0. The van der Waals surface area contributed by atoms with Crippen LogP contribution in [0.1, 0.15) is 258 Å². The van der Waals surface area contributed by atoms with Crippen LogP contribution < -0.4 is 0 Å². The Hall–Kier alpha value is -3.44. The molecule has 1 unspecified atom stereocenters. The van der Waals surface area contributed by atoms with Crippen LogP contribution in [0.15, 0.2) is 109 Å². The van der Waals surface area contributed by atoms with E-state index in [1.165, 1.54) is 116 Å². The molecule has 0 saturated carbocycles. The summed E-state index contributed by atoms with van der Waals surface area (Å²) in [5, 5.41) is 9.65. The maximum atomic E-state index is 12.3. The van der Waals surface area contributed by atoms with E-state index >= 15 is 0 Å². The number of allylic oxidation sites excluding steroid dienone is 18. The third-order valence-electron chi connectivity index (χ3n) is 12.1. The number of aliphatic hydroxyl groups excluding tert-OH is 1. The predicted molar refractivity (Wildman–Crippen MR) is 297 cm³/mol. The van der Waals surface area contributed by atoms with E-state index < -0.39 is 6.10 Å². The fourth-order valence-corrected chi connectivity index (χ4v) is 7.84. The predicted octanol–water partition coefficient (Wildman–Crippen LogP) is 19.3. The molecular weight excluding hydrogens is 837 g/mol. The molecule has 0 aliphatic rings. The van der Waals surface area contributed by atoms with Gasteiger partial charge in [-0.3, -0.25) is 9.59 Å². The summed E-state index contributed by atoms with van der Waals surface area (Å²) < 4.78 is 10.7. The van der Waals surface area contributed by atoms with Crippen LogP contribution in [0.3, 0.4) is 0 Å². The Kier molecular flexibility index (Phi) is 54.9. The van der Waals surface area contributed by atoms with Crippen molar-refractivity contribution in [1.82, 2.24) is 0 Å². The van der Waals surface area contributed by atoms with Gasteiger partial charge in [0.15, 0.2) is 6.10 Å². The molecule has 5 heteroatoms. The van der Waals surface area contributed by atoms with Crippen LogP contribution in [0.2, 0.25) is 0 Å². The Labute approximate surface area is 421 Å². The molecule has 5 nitrogen and oxygen atoms in total. The maximum absolute atomic E-state index is 12.3. The Morgan fingerprint density at radius 1 is 0.353 bits per heavy atom. The van der Waals surface area contributed by atoms with E-state index in [1.807, 2.05) is 0 Å². The monoisotopic (exact) mass is 943 g/mol. The van der Waals surface area contributed by atoms with E-state index in [-0.39, 0.29) is 25.2 Å². The Bertz CT molecular complexity index is 1340. The van der Waals surface area contributed by atoms with Crippen molar-refractivity contribution in [3.05, 3.63) is 109 Å². The van der Waals surface area contributed by atoms with Crippen molar-refractivity contribution in [3.8, 4) is 0 Å². The summed E-state index contributed by atoms with van der Waals surface area (Å²) in [6.07, 6.45) is 83.4. The number of unbranched alkanes of at least 4 members (excludes halogenated alkanes) is 25. The molecular formula is C63H106O5. The number of aliphatic hydroxyl groups is 1. The molecule has 0 aliphatic carbocycles. The first-order chi connectivity index (χ1) is 33.6. The van der Waals surface area contributed by atoms with Crippen molar-refractivity contribution in [2.24, 2.45) is 0 Å². The largest absolute Gasteiger partial charge is 0.462 e. The van der Waals surface area contributed by atoms with Gasteiger partial charge < -0.3 is 14.6 Å². The lowest BCUT2D eigenvalue weighted by Crippen LogP contribution is -2.28. The molecule has 0 aromatic rings. The Balaban J connectivity index is 3.60. The molecule has 0 saturated heterocycles. The van der Waals surface area contributed by atoms with Crippen LogP contribution in [-0.2, 0) is 19.1 Å². The lowest BCUT2D eigenvalue weighted by Gasteiger charge is -2.15. The van der Waals surface area contributed by atoms with Gasteiger partial charge in [0.1, 0.15) is 6.61 Å². The van der Waals surface area contributed by atoms with Crippen molar-refractivity contribution in [2.75, 3.05) is 13.2 Å². The van der Waals surface area contributed by atoms with E-state index in [4.69, 9.17) is 9.47 Å². The molecule has 0 fully saturated rings. The zero-order chi connectivity index (χ0) is 49.2. The molecule has 0 spiro atoms. The number of esters is 2. The number of carbonyl (C=O) groups excluding carboxylic acids is 2. The van der Waals surface area contributed by atoms with Gasteiger partial charge in [0.2, 0.25) is 0 Å². The fourth-order valence-electron chi connectivity index (χ4n) is 7.84. The topological polar surface area (TPSA) is 72.8 Å². The Morgan fingerprint density at radius 2 is 0.632 bits per heavy atom. The molecule has 0 aliphatic heterocycles. The molecule has 68 heavy (non-hydrogen) atoms. The van der Waals surface area contributed by atoms with E-state index in [2.05, 4.69) is 123 Å². The van der Waals surface area contributed by atoms with Crippen LogP contribution >= 0.6 is 0 Å². The smallest absolute Gasteiger partial charge is 0.306 e. The first kappa shape index (κ1) is 64.6. The summed E-state index contributed by atoms with van der Waals surface area (Å²) in [4.78, 5) is 24.5. The molecule has 0 amide bonds. The highest BCUT2D eigenvalue weighted by atomic mass is 16.6. The molecule has 0 radical (unpaired) electrons. The second-order valence-corrected chi connectivity index (χ2v) is 18.6. The molecule has 0 aromatic heterocycles. The van der Waals surface area contributed by atoms with Gasteiger partial charge in [-0.05, 0) is 83.5 Å². The van der Waals surface area contributed by atoms with Crippen molar-refractivity contribution in [1.29, 1.82) is 0 Å². The van der Waals surface area contributed by atoms with Crippen molar-refractivity contribution < 1.29 is 24.2 Å². The summed E-state index contributed by atoms with van der Waals surface area (Å²) in [5.74, 6) is -0.610. The number of hydrogen-bond acceptors (Lipinski definition) is 5. The van der Waals surface area contributed by atoms with Gasteiger partial charge in [-0.1, -0.05) is 271 Å². The maximum Gasteiger partial charge on any atom is 0.306 e. The fraction of sp³-hybridized carbons (Fsp3) is 0.683. The number of rotatable bonds is 51. The van der Waals surface area contributed by atoms with Crippen LogP contribution in [0, 0.1) is 0 Å². The second-order valence-electron chi connectivity index (χ2n) is 18.6. The summed E-state index contributed by atoms with van der Waals surface area (Å²) in [6.45, 7) is 4.03. The quantitative estimate of drug-likeness (QED) is 0.0374. The minimum Gasteiger partial charge on any atom is -0.462 e. The van der Waals surface area contributed by atoms with Crippen LogP contribution in [-0.4, -0.2) is 36.4 Å². The van der Waals surface area contributed by atoms with Gasteiger partial charge in [0, 0.05) is 12.8 Å². The molecule has 1 atom stereocenters. The lowest BCUT2D eigenvalue weighted by molar-refractivity contribution is -0.161. The first-order valence-electron chi connectivity index (χ1n) is 28.4. The van der Waals surface area contributed by atoms with Gasteiger partial charge in [-0.2, -0.15) is 0 Å². The molecule has 0 heterocycles. The highest BCUT2D eigenvalue weighted by Crippen LogP contribution is 2.16. The number of hydrogen-bond donors (Lipinski definition) is 1. The average Bonchev–Trinajstić information content (AvgIpc) is 3.34. The third-order valence-corrected chi connectivity index (χ3v) is 12.1. The minimum absolute atomic E-state index is 0.0770. The average molecular weight is 944 g/mol. The number of ether oxygens (including phenoxy) is 2. The standard InChI is InChI=1S/C63H106O5/c1-3-5-7-9-11-13-15-17-19-21-23-25-26-27-28-29-30-31-32-33-34-35-36-38-40-42-44-46-48-50-52-54-56-58-63(66)68-61(59-64)60-67-62(65)57-55-53-51-49-47-45-43-41-39-37-24-22-20-18-16-14-12-10-8-6-4-2/h5,7,11,13,17,19,23,25,27-28,30-31,33-34,36,38,42,44,61,64H,3-4,6,8-10,12,14-16,18,20-22,24,26,29,32,35,37,39-41,43,45-60H2,1-2H3/b7-5-,13-11-,19-17-,25-23-,28-27-,31-30-,34-33-,38-36-,44-42-. The van der Waals surface area contributed by atoms with Crippen LogP contribution in [0.4, 0.5) is 0 Å². The zero-order valence-corrected chi connectivity index (χ0v) is 44.3. The van der Waals surface area contributed by atoms with E-state index in [0.29, 0.717) is 12.8 Å².